The van der Waals surface area contributed by atoms with Crippen LogP contribution in [0.15, 0.2) is 30.6 Å². The number of hydrogen-bond donors (Lipinski definition) is 1. The van der Waals surface area contributed by atoms with Crippen LogP contribution >= 0.6 is 0 Å². The van der Waals surface area contributed by atoms with Gasteiger partial charge in [0.15, 0.2) is 0 Å². The Labute approximate surface area is 122 Å². The second-order valence-corrected chi connectivity index (χ2v) is 4.87. The number of anilines is 2. The maximum atomic E-state index is 5.39. The highest BCUT2D eigenvalue weighted by Crippen LogP contribution is 2.29. The van der Waals surface area contributed by atoms with Crippen molar-refractivity contribution in [3.8, 4) is 0 Å². The number of benzene rings is 1. The van der Waals surface area contributed by atoms with E-state index in [0.29, 0.717) is 0 Å². The van der Waals surface area contributed by atoms with Crippen LogP contribution < -0.4 is 10.2 Å². The molecule has 1 fully saturated rings. The Kier molecular flexibility index (Phi) is 4.90. The molecule has 1 aromatic carbocycles. The molecule has 1 aromatic rings. The van der Waals surface area contributed by atoms with Gasteiger partial charge in [0.1, 0.15) is 0 Å². The van der Waals surface area contributed by atoms with Gasteiger partial charge in [0.05, 0.1) is 19.0 Å². The zero-order valence-corrected chi connectivity index (χ0v) is 12.8. The van der Waals surface area contributed by atoms with E-state index in [-0.39, 0.29) is 0 Å². The molecule has 4 heteroatoms. The maximum Gasteiger partial charge on any atom is 0.0983 e. The van der Waals surface area contributed by atoms with Crippen molar-refractivity contribution in [2.45, 2.75) is 20.4 Å². The van der Waals surface area contributed by atoms with Crippen molar-refractivity contribution < 1.29 is 4.74 Å². The summed E-state index contributed by atoms with van der Waals surface area (Å²) in [7, 11) is 2.06. The van der Waals surface area contributed by atoms with Crippen LogP contribution in [0.1, 0.15) is 19.4 Å². The Morgan fingerprint density at radius 2 is 1.90 bits per heavy atom. The molecule has 0 bridgehead atoms. The number of ether oxygens (including phenoxy) is 1. The molecule has 0 aliphatic carbocycles. The van der Waals surface area contributed by atoms with E-state index in [2.05, 4.69) is 46.9 Å². The van der Waals surface area contributed by atoms with Gasteiger partial charge >= 0.3 is 0 Å². The topological polar surface area (TPSA) is 27.7 Å². The minimum atomic E-state index is 0.825. The molecule has 0 aromatic heterocycles. The average molecular weight is 275 g/mol. The van der Waals surface area contributed by atoms with Gasteiger partial charge in [-0.25, -0.2) is 0 Å². The average Bonchev–Trinajstić information content (AvgIpc) is 2.51. The lowest BCUT2D eigenvalue weighted by atomic mass is 10.1. The Bertz CT molecular complexity index is 467. The van der Waals surface area contributed by atoms with Gasteiger partial charge in [-0.1, -0.05) is 20.4 Å². The monoisotopic (exact) mass is 275 g/mol. The molecule has 0 amide bonds. The molecule has 1 N–H and O–H groups in total. The molecule has 0 atom stereocenters. The minimum absolute atomic E-state index is 0.825. The SMILES string of the molecule is C=C1Nc2ccc(N3CCOCC3)cc2CN1C.CC. The zero-order chi connectivity index (χ0) is 14.5. The molecule has 4 nitrogen and oxygen atoms in total. The molecule has 1 saturated heterocycles. The van der Waals surface area contributed by atoms with Gasteiger partial charge < -0.3 is 19.9 Å². The van der Waals surface area contributed by atoms with Crippen molar-refractivity contribution in [2.24, 2.45) is 0 Å². The van der Waals surface area contributed by atoms with Crippen LogP contribution in [0, 0.1) is 0 Å². The molecule has 0 radical (unpaired) electrons. The molecule has 2 heterocycles. The van der Waals surface area contributed by atoms with E-state index in [1.54, 1.807) is 0 Å². The normalized spacial score (nSPS) is 17.9. The van der Waals surface area contributed by atoms with Crippen LogP contribution in [0.25, 0.3) is 0 Å². The molecule has 2 aliphatic rings. The predicted octanol–water partition coefficient (Wildman–Crippen LogP) is 2.88. The maximum absolute atomic E-state index is 5.39. The highest BCUT2D eigenvalue weighted by atomic mass is 16.5. The number of morpholine rings is 1. The third-order valence-corrected chi connectivity index (χ3v) is 3.61. The first-order valence-electron chi connectivity index (χ1n) is 7.37. The van der Waals surface area contributed by atoms with E-state index in [1.807, 2.05) is 13.8 Å². The van der Waals surface area contributed by atoms with Crippen molar-refractivity contribution in [3.05, 3.63) is 36.2 Å². The summed E-state index contributed by atoms with van der Waals surface area (Å²) in [6.45, 7) is 12.5. The molecule has 3 rings (SSSR count). The summed E-state index contributed by atoms with van der Waals surface area (Å²) in [6, 6.07) is 6.60. The fourth-order valence-corrected chi connectivity index (χ4v) is 2.45. The number of hydrogen-bond acceptors (Lipinski definition) is 4. The lowest BCUT2D eigenvalue weighted by molar-refractivity contribution is 0.122. The summed E-state index contributed by atoms with van der Waals surface area (Å²) in [4.78, 5) is 4.51. The Balaban J connectivity index is 0.000000704. The van der Waals surface area contributed by atoms with Gasteiger partial charge in [-0.3, -0.25) is 0 Å². The van der Waals surface area contributed by atoms with Crippen LogP contribution in [0.5, 0.6) is 0 Å². The first-order valence-corrected chi connectivity index (χ1v) is 7.37. The zero-order valence-electron chi connectivity index (χ0n) is 12.8. The van der Waals surface area contributed by atoms with Gasteiger partial charge in [0.25, 0.3) is 0 Å². The molecule has 20 heavy (non-hydrogen) atoms. The molecule has 2 aliphatic heterocycles. The first kappa shape index (κ1) is 14.7. The number of nitrogens with one attached hydrogen (secondary N) is 1. The Hall–Kier alpha value is -1.68. The molecule has 0 spiro atoms. The Morgan fingerprint density at radius 1 is 1.20 bits per heavy atom. The summed E-state index contributed by atoms with van der Waals surface area (Å²) in [5.74, 6) is 0.960. The lowest BCUT2D eigenvalue weighted by Crippen LogP contribution is -2.36. The molecular weight excluding hydrogens is 250 g/mol. The summed E-state index contributed by atoms with van der Waals surface area (Å²) >= 11 is 0. The van der Waals surface area contributed by atoms with Crippen LogP contribution in [-0.4, -0.2) is 38.3 Å². The van der Waals surface area contributed by atoms with Crippen molar-refractivity contribution in [2.75, 3.05) is 43.6 Å². The summed E-state index contributed by atoms with van der Waals surface area (Å²) < 4.78 is 5.39. The number of fused-ring (bicyclic) bond motifs is 1. The van der Waals surface area contributed by atoms with Crippen LogP contribution in [0.4, 0.5) is 11.4 Å². The summed E-state index contributed by atoms with van der Waals surface area (Å²) in [6.07, 6.45) is 0. The standard InChI is InChI=1S/C14H19N3O.C2H6/c1-11-15-14-4-3-13(9-12(14)10-16(11)2)17-5-7-18-8-6-17;1-2/h3-4,9,15H,1,5-8,10H2,2H3;1-2H3. The number of nitrogens with zero attached hydrogens (tertiary/aromatic N) is 2. The van der Waals surface area contributed by atoms with E-state index in [1.165, 1.54) is 16.9 Å². The molecular formula is C16H25N3O. The van der Waals surface area contributed by atoms with Gasteiger partial charge in [-0.2, -0.15) is 0 Å². The third kappa shape index (κ3) is 3.07. The van der Waals surface area contributed by atoms with Crippen molar-refractivity contribution in [3.63, 3.8) is 0 Å². The second kappa shape index (κ2) is 6.66. The quantitative estimate of drug-likeness (QED) is 0.853. The van der Waals surface area contributed by atoms with E-state index in [4.69, 9.17) is 4.74 Å². The van der Waals surface area contributed by atoms with Crippen LogP contribution in [-0.2, 0) is 11.3 Å². The van der Waals surface area contributed by atoms with E-state index in [0.717, 1.165) is 38.7 Å². The third-order valence-electron chi connectivity index (χ3n) is 3.61. The Morgan fingerprint density at radius 3 is 2.60 bits per heavy atom. The fourth-order valence-electron chi connectivity index (χ4n) is 2.45. The smallest absolute Gasteiger partial charge is 0.0983 e. The van der Waals surface area contributed by atoms with Crippen LogP contribution in [0.2, 0.25) is 0 Å². The molecule has 110 valence electrons. The van der Waals surface area contributed by atoms with Crippen molar-refractivity contribution in [1.29, 1.82) is 0 Å². The highest BCUT2D eigenvalue weighted by molar-refractivity contribution is 5.63. The van der Waals surface area contributed by atoms with E-state index in [9.17, 15) is 0 Å². The largest absolute Gasteiger partial charge is 0.378 e. The van der Waals surface area contributed by atoms with Crippen LogP contribution in [0.3, 0.4) is 0 Å². The van der Waals surface area contributed by atoms with Gasteiger partial charge in [-0.05, 0) is 23.8 Å². The minimum Gasteiger partial charge on any atom is -0.378 e. The van der Waals surface area contributed by atoms with Gasteiger partial charge in [-0.15, -0.1) is 0 Å². The van der Waals surface area contributed by atoms with Crippen molar-refractivity contribution >= 4 is 11.4 Å². The van der Waals surface area contributed by atoms with E-state index < -0.39 is 0 Å². The summed E-state index contributed by atoms with van der Waals surface area (Å²) in [5, 5.41) is 3.33. The predicted molar refractivity (Wildman–Crippen MR) is 85.1 cm³/mol. The highest BCUT2D eigenvalue weighted by Gasteiger charge is 2.17. The van der Waals surface area contributed by atoms with Gasteiger partial charge in [0, 0.05) is 38.1 Å². The summed E-state index contributed by atoms with van der Waals surface area (Å²) in [5.41, 5.74) is 3.80. The molecule has 0 saturated carbocycles. The van der Waals surface area contributed by atoms with E-state index >= 15 is 0 Å². The first-order chi connectivity index (χ1) is 9.74. The fraction of sp³-hybridized carbons (Fsp3) is 0.500. The molecule has 0 unspecified atom stereocenters. The van der Waals surface area contributed by atoms with Crippen molar-refractivity contribution in [1.82, 2.24) is 4.90 Å². The number of rotatable bonds is 1. The lowest BCUT2D eigenvalue weighted by Gasteiger charge is -2.33. The van der Waals surface area contributed by atoms with Gasteiger partial charge in [0.2, 0.25) is 0 Å². The second-order valence-electron chi connectivity index (χ2n) is 4.87.